The van der Waals surface area contributed by atoms with Gasteiger partial charge in [-0.3, -0.25) is 0 Å². The third kappa shape index (κ3) is 2.95. The Morgan fingerprint density at radius 3 is 2.00 bits per heavy atom. The second-order valence-electron chi connectivity index (χ2n) is 5.29. The molecular weight excluding hydrogens is 252 g/mol. The zero-order valence-corrected chi connectivity index (χ0v) is 12.2. The summed E-state index contributed by atoms with van der Waals surface area (Å²) in [5.41, 5.74) is 7.15. The van der Waals surface area contributed by atoms with E-state index >= 15 is 0 Å². The van der Waals surface area contributed by atoms with Crippen LogP contribution in [0.3, 0.4) is 0 Å². The van der Waals surface area contributed by atoms with Crippen molar-refractivity contribution >= 4 is 5.57 Å². The SMILES string of the molecule is C=C(c1ccccc1)c1cccc(-c2cccc(C)c2)c1. The zero-order valence-electron chi connectivity index (χ0n) is 12.2. The maximum atomic E-state index is 4.25. The molecular formula is C21H18. The zero-order chi connectivity index (χ0) is 14.7. The Hall–Kier alpha value is -2.60. The van der Waals surface area contributed by atoms with Crippen LogP contribution in [0.25, 0.3) is 16.7 Å². The highest BCUT2D eigenvalue weighted by Crippen LogP contribution is 2.27. The van der Waals surface area contributed by atoms with E-state index in [9.17, 15) is 0 Å². The van der Waals surface area contributed by atoms with E-state index in [2.05, 4.69) is 74.2 Å². The van der Waals surface area contributed by atoms with Gasteiger partial charge in [0.2, 0.25) is 0 Å². The van der Waals surface area contributed by atoms with Gasteiger partial charge in [0, 0.05) is 0 Å². The summed E-state index contributed by atoms with van der Waals surface area (Å²) in [6.45, 7) is 6.37. The van der Waals surface area contributed by atoms with Crippen molar-refractivity contribution in [3.05, 3.63) is 102 Å². The molecule has 0 heterocycles. The van der Waals surface area contributed by atoms with Crippen molar-refractivity contribution in [3.63, 3.8) is 0 Å². The molecule has 0 aromatic heterocycles. The standard InChI is InChI=1S/C21H18/c1-16-8-6-12-20(14-16)21-13-7-11-19(15-21)17(2)18-9-4-3-5-10-18/h3-15H,2H2,1H3. The van der Waals surface area contributed by atoms with Crippen LogP contribution in [0.1, 0.15) is 16.7 Å². The normalized spacial score (nSPS) is 10.3. The summed E-state index contributed by atoms with van der Waals surface area (Å²) in [5.74, 6) is 0. The summed E-state index contributed by atoms with van der Waals surface area (Å²) >= 11 is 0. The van der Waals surface area contributed by atoms with Gasteiger partial charge in [-0.2, -0.15) is 0 Å². The molecule has 0 aliphatic rings. The number of hydrogen-bond acceptors (Lipinski definition) is 0. The Bertz CT molecular complexity index is 767. The first-order valence-corrected chi connectivity index (χ1v) is 7.16. The van der Waals surface area contributed by atoms with Gasteiger partial charge in [0.25, 0.3) is 0 Å². The molecule has 3 aromatic rings. The van der Waals surface area contributed by atoms with Crippen LogP contribution < -0.4 is 0 Å². The molecule has 0 aliphatic heterocycles. The molecule has 0 heteroatoms. The lowest BCUT2D eigenvalue weighted by Gasteiger charge is -2.09. The molecule has 0 spiro atoms. The fraction of sp³-hybridized carbons (Fsp3) is 0.0476. The van der Waals surface area contributed by atoms with Gasteiger partial charge in [0.15, 0.2) is 0 Å². The van der Waals surface area contributed by atoms with Gasteiger partial charge in [-0.25, -0.2) is 0 Å². The summed E-state index contributed by atoms with van der Waals surface area (Å²) in [5, 5.41) is 0. The van der Waals surface area contributed by atoms with Gasteiger partial charge < -0.3 is 0 Å². The van der Waals surface area contributed by atoms with Crippen molar-refractivity contribution in [2.45, 2.75) is 6.92 Å². The van der Waals surface area contributed by atoms with E-state index in [1.54, 1.807) is 0 Å². The van der Waals surface area contributed by atoms with Gasteiger partial charge in [-0.05, 0) is 40.8 Å². The summed E-state index contributed by atoms with van der Waals surface area (Å²) in [6.07, 6.45) is 0. The van der Waals surface area contributed by atoms with Crippen LogP contribution in [-0.4, -0.2) is 0 Å². The first-order valence-electron chi connectivity index (χ1n) is 7.16. The molecule has 0 saturated heterocycles. The van der Waals surface area contributed by atoms with Gasteiger partial charge in [0.1, 0.15) is 0 Å². The minimum Gasteiger partial charge on any atom is -0.0906 e. The highest BCUT2D eigenvalue weighted by Gasteiger charge is 2.04. The van der Waals surface area contributed by atoms with E-state index < -0.39 is 0 Å². The predicted molar refractivity (Wildman–Crippen MR) is 91.2 cm³/mol. The molecule has 0 nitrogen and oxygen atoms in total. The predicted octanol–water partition coefficient (Wildman–Crippen LogP) is 5.72. The molecule has 0 bridgehead atoms. The third-order valence-electron chi connectivity index (χ3n) is 3.68. The summed E-state index contributed by atoms with van der Waals surface area (Å²) < 4.78 is 0. The first-order chi connectivity index (χ1) is 10.2. The van der Waals surface area contributed by atoms with Crippen molar-refractivity contribution < 1.29 is 0 Å². The fourth-order valence-electron chi connectivity index (χ4n) is 2.52. The Kier molecular flexibility index (Phi) is 3.70. The van der Waals surface area contributed by atoms with E-state index in [1.165, 1.54) is 27.8 Å². The van der Waals surface area contributed by atoms with E-state index in [-0.39, 0.29) is 0 Å². The Morgan fingerprint density at radius 1 is 0.667 bits per heavy atom. The summed E-state index contributed by atoms with van der Waals surface area (Å²) in [7, 11) is 0. The average molecular weight is 270 g/mol. The van der Waals surface area contributed by atoms with Crippen LogP contribution in [0.2, 0.25) is 0 Å². The molecule has 3 rings (SSSR count). The number of benzene rings is 3. The van der Waals surface area contributed by atoms with Gasteiger partial charge in [-0.15, -0.1) is 0 Å². The minimum atomic E-state index is 1.06. The fourth-order valence-corrected chi connectivity index (χ4v) is 2.52. The molecule has 102 valence electrons. The molecule has 0 N–H and O–H groups in total. The van der Waals surface area contributed by atoms with E-state index in [0.29, 0.717) is 0 Å². The van der Waals surface area contributed by atoms with Crippen LogP contribution in [0.5, 0.6) is 0 Å². The molecule has 0 saturated carbocycles. The summed E-state index contributed by atoms with van der Waals surface area (Å²) in [6, 6.07) is 27.5. The summed E-state index contributed by atoms with van der Waals surface area (Å²) in [4.78, 5) is 0. The lowest BCUT2D eigenvalue weighted by molar-refractivity contribution is 1.46. The van der Waals surface area contributed by atoms with Crippen molar-refractivity contribution in [3.8, 4) is 11.1 Å². The second-order valence-corrected chi connectivity index (χ2v) is 5.29. The van der Waals surface area contributed by atoms with Crippen molar-refractivity contribution in [1.82, 2.24) is 0 Å². The highest BCUT2D eigenvalue weighted by molar-refractivity contribution is 5.80. The van der Waals surface area contributed by atoms with Crippen LogP contribution in [0.4, 0.5) is 0 Å². The lowest BCUT2D eigenvalue weighted by Crippen LogP contribution is -1.87. The molecule has 0 radical (unpaired) electrons. The largest absolute Gasteiger partial charge is 0.0906 e. The maximum absolute atomic E-state index is 4.25. The number of aryl methyl sites for hydroxylation is 1. The lowest BCUT2D eigenvalue weighted by atomic mass is 9.95. The number of rotatable bonds is 3. The van der Waals surface area contributed by atoms with Crippen LogP contribution in [0.15, 0.2) is 85.4 Å². The molecule has 0 unspecified atom stereocenters. The topological polar surface area (TPSA) is 0 Å². The quantitative estimate of drug-likeness (QED) is 0.570. The van der Waals surface area contributed by atoms with Gasteiger partial charge >= 0.3 is 0 Å². The van der Waals surface area contributed by atoms with Crippen LogP contribution in [-0.2, 0) is 0 Å². The van der Waals surface area contributed by atoms with E-state index in [1.807, 2.05) is 18.2 Å². The van der Waals surface area contributed by atoms with E-state index in [0.717, 1.165) is 5.57 Å². The molecule has 21 heavy (non-hydrogen) atoms. The smallest absolute Gasteiger partial charge is 0.0178 e. The van der Waals surface area contributed by atoms with Crippen molar-refractivity contribution in [2.75, 3.05) is 0 Å². The Balaban J connectivity index is 1.99. The van der Waals surface area contributed by atoms with E-state index in [4.69, 9.17) is 0 Å². The molecule has 0 aliphatic carbocycles. The van der Waals surface area contributed by atoms with Crippen LogP contribution >= 0.6 is 0 Å². The minimum absolute atomic E-state index is 1.06. The van der Waals surface area contributed by atoms with Gasteiger partial charge in [0.05, 0.1) is 0 Å². The van der Waals surface area contributed by atoms with Crippen molar-refractivity contribution in [2.24, 2.45) is 0 Å². The molecule has 3 aromatic carbocycles. The molecule has 0 atom stereocenters. The Labute approximate surface area is 126 Å². The second kappa shape index (κ2) is 5.80. The third-order valence-corrected chi connectivity index (χ3v) is 3.68. The van der Waals surface area contributed by atoms with Crippen molar-refractivity contribution in [1.29, 1.82) is 0 Å². The van der Waals surface area contributed by atoms with Gasteiger partial charge in [-0.1, -0.05) is 84.9 Å². The molecule has 0 fully saturated rings. The first kappa shape index (κ1) is 13.4. The van der Waals surface area contributed by atoms with Crippen LogP contribution in [0, 0.1) is 6.92 Å². The maximum Gasteiger partial charge on any atom is -0.0178 e. The highest BCUT2D eigenvalue weighted by atomic mass is 14.1. The number of hydrogen-bond donors (Lipinski definition) is 0. The monoisotopic (exact) mass is 270 g/mol. The molecule has 0 amide bonds. The Morgan fingerprint density at radius 2 is 1.29 bits per heavy atom. The average Bonchev–Trinajstić information content (AvgIpc) is 2.55.